The average molecular weight is 381 g/mol. The number of nitrogens with two attached hydrogens (primary N) is 1. The molecule has 0 aromatic heterocycles. The number of primary sulfonamides is 1. The summed E-state index contributed by atoms with van der Waals surface area (Å²) >= 11 is 4.10. The van der Waals surface area contributed by atoms with Crippen molar-refractivity contribution in [3.8, 4) is 0 Å². The van der Waals surface area contributed by atoms with Gasteiger partial charge in [0.05, 0.1) is 10.6 Å². The quantitative estimate of drug-likeness (QED) is 0.825. The second-order valence-electron chi connectivity index (χ2n) is 4.31. The molecular weight excluding hydrogens is 368 g/mol. The van der Waals surface area contributed by atoms with E-state index in [1.807, 2.05) is 0 Å². The number of hydrogen-bond acceptors (Lipinski definition) is 5. The number of carbonyl (C=O) groups excluding carboxylic acids is 1. The Labute approximate surface area is 129 Å². The number of rotatable bonds is 3. The predicted molar refractivity (Wildman–Crippen MR) is 79.6 cm³/mol. The first kappa shape index (κ1) is 15.8. The average Bonchev–Trinajstić information content (AvgIpc) is 2.65. The lowest BCUT2D eigenvalue weighted by atomic mass is 10.0. The smallest absolute Gasteiger partial charge is 0.284 e. The van der Waals surface area contributed by atoms with Crippen LogP contribution in [0.5, 0.6) is 0 Å². The van der Waals surface area contributed by atoms with Crippen molar-refractivity contribution in [2.75, 3.05) is 12.3 Å². The summed E-state index contributed by atoms with van der Waals surface area (Å²) in [4.78, 5) is 12.9. The van der Waals surface area contributed by atoms with Crippen LogP contribution in [-0.2, 0) is 15.7 Å². The van der Waals surface area contributed by atoms with Gasteiger partial charge < -0.3 is 10.0 Å². The van der Waals surface area contributed by atoms with Crippen LogP contribution in [-0.4, -0.2) is 36.0 Å². The fourth-order valence-corrected chi connectivity index (χ4v) is 4.71. The molecule has 0 bridgehead atoms. The molecule has 0 saturated carbocycles. The maximum Gasteiger partial charge on any atom is 0.284 e. The maximum atomic E-state index is 11.7. The maximum absolute atomic E-state index is 11.7. The van der Waals surface area contributed by atoms with Crippen LogP contribution in [0.15, 0.2) is 27.6 Å². The van der Waals surface area contributed by atoms with Gasteiger partial charge in [-0.2, -0.15) is 0 Å². The normalized spacial score (nSPS) is 23.4. The highest BCUT2D eigenvalue weighted by atomic mass is 79.9. The lowest BCUT2D eigenvalue weighted by molar-refractivity contribution is -0.0537. The number of benzene rings is 1. The number of halogens is 1. The molecule has 1 aromatic rings. The highest BCUT2D eigenvalue weighted by Gasteiger charge is 2.45. The van der Waals surface area contributed by atoms with Crippen molar-refractivity contribution in [1.29, 1.82) is 0 Å². The number of aliphatic hydroxyl groups is 1. The van der Waals surface area contributed by atoms with Crippen LogP contribution in [0.4, 0.5) is 4.79 Å². The summed E-state index contributed by atoms with van der Waals surface area (Å²) in [6.07, 6.45) is 0. The summed E-state index contributed by atoms with van der Waals surface area (Å²) in [5.74, 6) is 0.144. The lowest BCUT2D eigenvalue weighted by Crippen LogP contribution is -2.44. The molecule has 1 aromatic carbocycles. The molecule has 110 valence electrons. The third-order valence-corrected chi connectivity index (χ3v) is 6.00. The fourth-order valence-electron chi connectivity index (χ4n) is 2.07. The molecule has 1 saturated heterocycles. The minimum atomic E-state index is -3.92. The van der Waals surface area contributed by atoms with Gasteiger partial charge in [0.2, 0.25) is 10.0 Å². The van der Waals surface area contributed by atoms with Crippen LogP contribution in [0.25, 0.3) is 0 Å². The highest BCUT2D eigenvalue weighted by Crippen LogP contribution is 2.39. The molecule has 2 rings (SSSR count). The highest BCUT2D eigenvalue weighted by molar-refractivity contribution is 9.10. The van der Waals surface area contributed by atoms with Crippen LogP contribution >= 0.6 is 27.7 Å². The number of carbonyl (C=O) groups is 1. The molecule has 1 atom stereocenters. The van der Waals surface area contributed by atoms with Crippen LogP contribution in [0.1, 0.15) is 12.5 Å². The van der Waals surface area contributed by atoms with Gasteiger partial charge in [0.15, 0.2) is 5.72 Å². The SMILES string of the molecule is CCN1C(=O)SCC1(O)c1ccc(Br)c(S(N)(=O)=O)c1. The molecule has 6 nitrogen and oxygen atoms in total. The van der Waals surface area contributed by atoms with E-state index in [4.69, 9.17) is 5.14 Å². The van der Waals surface area contributed by atoms with E-state index in [0.717, 1.165) is 11.8 Å². The molecular formula is C11H13BrN2O4S2. The van der Waals surface area contributed by atoms with Gasteiger partial charge in [-0.15, -0.1) is 0 Å². The standard InChI is InChI=1S/C11H13BrN2O4S2/c1-2-14-10(15)19-6-11(14,16)7-3-4-8(12)9(5-7)20(13,17)18/h3-5,16H,2,6H2,1H3,(H2,13,17,18). The summed E-state index contributed by atoms with van der Waals surface area (Å²) in [6.45, 7) is 2.07. The Balaban J connectivity index is 2.57. The Morgan fingerprint density at radius 1 is 1.55 bits per heavy atom. The Hall–Kier alpha value is -0.610. The largest absolute Gasteiger partial charge is 0.366 e. The molecule has 20 heavy (non-hydrogen) atoms. The first-order chi connectivity index (χ1) is 9.20. The topological polar surface area (TPSA) is 101 Å². The van der Waals surface area contributed by atoms with E-state index in [1.165, 1.54) is 17.0 Å². The first-order valence-corrected chi connectivity index (χ1v) is 9.02. The molecule has 1 amide bonds. The van der Waals surface area contributed by atoms with Gasteiger partial charge in [-0.25, -0.2) is 13.6 Å². The summed E-state index contributed by atoms with van der Waals surface area (Å²) in [6, 6.07) is 4.36. The van der Waals surface area contributed by atoms with Crippen LogP contribution in [0.2, 0.25) is 0 Å². The van der Waals surface area contributed by atoms with Crippen molar-refractivity contribution in [3.05, 3.63) is 28.2 Å². The summed E-state index contributed by atoms with van der Waals surface area (Å²) < 4.78 is 23.4. The molecule has 9 heteroatoms. The van der Waals surface area contributed by atoms with Gasteiger partial charge in [-0.1, -0.05) is 17.8 Å². The van der Waals surface area contributed by atoms with Crippen molar-refractivity contribution in [1.82, 2.24) is 4.90 Å². The van der Waals surface area contributed by atoms with Crippen LogP contribution in [0, 0.1) is 0 Å². The third-order valence-electron chi connectivity index (χ3n) is 3.08. The first-order valence-electron chi connectivity index (χ1n) is 5.69. The Bertz CT molecular complexity index is 664. The zero-order chi connectivity index (χ0) is 15.1. The Morgan fingerprint density at radius 2 is 2.20 bits per heavy atom. The van der Waals surface area contributed by atoms with E-state index in [9.17, 15) is 18.3 Å². The van der Waals surface area contributed by atoms with Gasteiger partial charge >= 0.3 is 0 Å². The van der Waals surface area contributed by atoms with E-state index in [-0.39, 0.29) is 15.9 Å². The second kappa shape index (κ2) is 5.30. The van der Waals surface area contributed by atoms with E-state index in [2.05, 4.69) is 15.9 Å². The molecule has 0 radical (unpaired) electrons. The second-order valence-corrected chi connectivity index (χ2v) is 7.62. The van der Waals surface area contributed by atoms with Gasteiger partial charge in [0, 0.05) is 16.6 Å². The fraction of sp³-hybridized carbons (Fsp3) is 0.364. The Morgan fingerprint density at radius 3 is 2.75 bits per heavy atom. The number of amides is 1. The number of sulfonamides is 1. The number of hydrogen-bond donors (Lipinski definition) is 2. The third kappa shape index (κ3) is 2.60. The number of thioether (sulfide) groups is 1. The van der Waals surface area contributed by atoms with Gasteiger partial charge in [-0.05, 0) is 35.0 Å². The van der Waals surface area contributed by atoms with E-state index in [0.29, 0.717) is 16.6 Å². The lowest BCUT2D eigenvalue weighted by Gasteiger charge is -2.32. The minimum absolute atomic E-state index is 0.121. The Kier molecular flexibility index (Phi) is 4.18. The van der Waals surface area contributed by atoms with Crippen LogP contribution < -0.4 is 5.14 Å². The predicted octanol–water partition coefficient (Wildman–Crippen LogP) is 1.43. The van der Waals surface area contributed by atoms with Crippen molar-refractivity contribution in [3.63, 3.8) is 0 Å². The van der Waals surface area contributed by atoms with E-state index < -0.39 is 15.7 Å². The van der Waals surface area contributed by atoms with Crippen molar-refractivity contribution < 1.29 is 18.3 Å². The van der Waals surface area contributed by atoms with Gasteiger partial charge in [-0.3, -0.25) is 4.79 Å². The summed E-state index contributed by atoms with van der Waals surface area (Å²) in [7, 11) is -3.92. The minimum Gasteiger partial charge on any atom is -0.366 e. The molecule has 1 heterocycles. The van der Waals surface area contributed by atoms with E-state index in [1.54, 1.807) is 13.0 Å². The van der Waals surface area contributed by atoms with Crippen molar-refractivity contribution in [2.24, 2.45) is 5.14 Å². The molecule has 0 aliphatic carbocycles. The summed E-state index contributed by atoms with van der Waals surface area (Å²) in [5, 5.41) is 15.6. The van der Waals surface area contributed by atoms with Gasteiger partial charge in [0.1, 0.15) is 0 Å². The zero-order valence-electron chi connectivity index (χ0n) is 10.5. The zero-order valence-corrected chi connectivity index (χ0v) is 13.8. The number of nitrogens with zero attached hydrogens (tertiary/aromatic N) is 1. The molecule has 1 unspecified atom stereocenters. The van der Waals surface area contributed by atoms with Crippen molar-refractivity contribution in [2.45, 2.75) is 17.5 Å². The monoisotopic (exact) mass is 380 g/mol. The molecule has 1 aliphatic heterocycles. The summed E-state index contributed by atoms with van der Waals surface area (Å²) in [5.41, 5.74) is -1.19. The van der Waals surface area contributed by atoms with E-state index >= 15 is 0 Å². The molecule has 3 N–H and O–H groups in total. The van der Waals surface area contributed by atoms with Crippen molar-refractivity contribution >= 4 is 43.0 Å². The molecule has 1 aliphatic rings. The molecule has 1 fully saturated rings. The van der Waals surface area contributed by atoms with Gasteiger partial charge in [0.25, 0.3) is 5.24 Å². The van der Waals surface area contributed by atoms with Crippen LogP contribution in [0.3, 0.4) is 0 Å². The molecule has 0 spiro atoms.